The van der Waals surface area contributed by atoms with E-state index in [1.54, 1.807) is 18.2 Å². The highest BCUT2D eigenvalue weighted by molar-refractivity contribution is 6.30. The fourth-order valence-electron chi connectivity index (χ4n) is 2.67. The molecule has 2 aromatic rings. The van der Waals surface area contributed by atoms with Crippen molar-refractivity contribution in [2.24, 2.45) is 0 Å². The van der Waals surface area contributed by atoms with Gasteiger partial charge in [0.05, 0.1) is 23.0 Å². The molecule has 0 bridgehead atoms. The lowest BCUT2D eigenvalue weighted by atomic mass is 9.91. The molecule has 0 aliphatic heterocycles. The van der Waals surface area contributed by atoms with E-state index >= 15 is 0 Å². The fourth-order valence-corrected chi connectivity index (χ4v) is 2.84. The van der Waals surface area contributed by atoms with E-state index in [-0.39, 0.29) is 6.04 Å². The number of nitriles is 1. The maximum atomic E-state index is 9.19. The molecule has 0 spiro atoms. The summed E-state index contributed by atoms with van der Waals surface area (Å²) < 4.78 is 0. The summed E-state index contributed by atoms with van der Waals surface area (Å²) in [4.78, 5) is 4.50. The number of halogens is 1. The van der Waals surface area contributed by atoms with Gasteiger partial charge in [0.25, 0.3) is 0 Å². The van der Waals surface area contributed by atoms with Crippen LogP contribution in [0.25, 0.3) is 0 Å². The standard InChI is InChI=1S/C16H14ClN3/c17-13-7-6-12(10-18)15(9-13)20-14-5-1-3-11-4-2-8-19-16(11)14/h2,4,6-9,14,20H,1,3,5H2. The van der Waals surface area contributed by atoms with Crippen LogP contribution in [0, 0.1) is 11.3 Å². The highest BCUT2D eigenvalue weighted by Gasteiger charge is 2.21. The van der Waals surface area contributed by atoms with E-state index in [9.17, 15) is 5.26 Å². The van der Waals surface area contributed by atoms with Crippen LogP contribution in [0.5, 0.6) is 0 Å². The molecule has 1 N–H and O–H groups in total. The van der Waals surface area contributed by atoms with Crippen LogP contribution in [0.4, 0.5) is 5.69 Å². The SMILES string of the molecule is N#Cc1ccc(Cl)cc1NC1CCCc2cccnc21. The molecule has 4 heteroatoms. The number of aromatic nitrogens is 1. The summed E-state index contributed by atoms with van der Waals surface area (Å²) in [5.41, 5.74) is 3.76. The molecule has 1 aromatic heterocycles. The second-order valence-corrected chi connectivity index (χ2v) is 5.38. The number of anilines is 1. The summed E-state index contributed by atoms with van der Waals surface area (Å²) in [6.07, 6.45) is 5.03. The van der Waals surface area contributed by atoms with Crippen molar-refractivity contribution in [1.29, 1.82) is 5.26 Å². The van der Waals surface area contributed by atoms with Crippen molar-refractivity contribution >= 4 is 17.3 Å². The number of hydrogen-bond acceptors (Lipinski definition) is 3. The predicted octanol–water partition coefficient (Wildman–Crippen LogP) is 4.10. The third-order valence-electron chi connectivity index (χ3n) is 3.63. The maximum absolute atomic E-state index is 9.19. The number of pyridine rings is 1. The molecule has 1 heterocycles. The minimum atomic E-state index is 0.144. The molecule has 1 unspecified atom stereocenters. The van der Waals surface area contributed by atoms with Crippen LogP contribution in [0.15, 0.2) is 36.5 Å². The largest absolute Gasteiger partial charge is 0.376 e. The molecule has 1 aromatic carbocycles. The fraction of sp³-hybridized carbons (Fsp3) is 0.250. The van der Waals surface area contributed by atoms with Gasteiger partial charge in [0.1, 0.15) is 6.07 Å². The smallest absolute Gasteiger partial charge is 0.101 e. The van der Waals surface area contributed by atoms with Gasteiger partial charge in [0, 0.05) is 11.2 Å². The molecule has 1 aliphatic carbocycles. The van der Waals surface area contributed by atoms with E-state index in [0.29, 0.717) is 10.6 Å². The zero-order valence-electron chi connectivity index (χ0n) is 10.9. The summed E-state index contributed by atoms with van der Waals surface area (Å²) in [5.74, 6) is 0. The molecule has 3 rings (SSSR count). The Bertz CT molecular complexity index is 676. The van der Waals surface area contributed by atoms with E-state index in [0.717, 1.165) is 30.6 Å². The van der Waals surface area contributed by atoms with Crippen molar-refractivity contribution in [1.82, 2.24) is 4.98 Å². The number of nitrogens with zero attached hydrogens (tertiary/aromatic N) is 2. The molecule has 0 fully saturated rings. The highest BCUT2D eigenvalue weighted by Crippen LogP contribution is 2.32. The minimum absolute atomic E-state index is 0.144. The van der Waals surface area contributed by atoms with Gasteiger partial charge in [-0.15, -0.1) is 0 Å². The van der Waals surface area contributed by atoms with Gasteiger partial charge in [-0.2, -0.15) is 5.26 Å². The Labute approximate surface area is 123 Å². The molecule has 1 aliphatic rings. The van der Waals surface area contributed by atoms with Crippen LogP contribution in [-0.2, 0) is 6.42 Å². The molecule has 3 nitrogen and oxygen atoms in total. The van der Waals surface area contributed by atoms with Crippen LogP contribution >= 0.6 is 11.6 Å². The number of rotatable bonds is 2. The average Bonchev–Trinajstić information content (AvgIpc) is 2.48. The Morgan fingerprint density at radius 2 is 2.25 bits per heavy atom. The molecule has 0 radical (unpaired) electrons. The van der Waals surface area contributed by atoms with Crippen molar-refractivity contribution in [3.63, 3.8) is 0 Å². The molecule has 1 atom stereocenters. The van der Waals surface area contributed by atoms with Crippen LogP contribution in [-0.4, -0.2) is 4.98 Å². The second kappa shape index (κ2) is 5.52. The topological polar surface area (TPSA) is 48.7 Å². The Morgan fingerprint density at radius 3 is 3.10 bits per heavy atom. The number of hydrogen-bond donors (Lipinski definition) is 1. The Morgan fingerprint density at radius 1 is 1.35 bits per heavy atom. The van der Waals surface area contributed by atoms with E-state index in [4.69, 9.17) is 11.6 Å². The van der Waals surface area contributed by atoms with Crippen LogP contribution in [0.2, 0.25) is 5.02 Å². The Hall–Kier alpha value is -2.05. The molecule has 0 amide bonds. The molecule has 100 valence electrons. The van der Waals surface area contributed by atoms with Crippen LogP contribution in [0.1, 0.15) is 35.7 Å². The second-order valence-electron chi connectivity index (χ2n) is 4.94. The number of fused-ring (bicyclic) bond motifs is 1. The van der Waals surface area contributed by atoms with Gasteiger partial charge in [-0.25, -0.2) is 0 Å². The van der Waals surface area contributed by atoms with Gasteiger partial charge in [0.15, 0.2) is 0 Å². The first-order valence-electron chi connectivity index (χ1n) is 6.68. The lowest BCUT2D eigenvalue weighted by Crippen LogP contribution is -2.19. The summed E-state index contributed by atoms with van der Waals surface area (Å²) >= 11 is 6.03. The highest BCUT2D eigenvalue weighted by atomic mass is 35.5. The summed E-state index contributed by atoms with van der Waals surface area (Å²) in [6, 6.07) is 11.7. The van der Waals surface area contributed by atoms with Crippen molar-refractivity contribution in [2.45, 2.75) is 25.3 Å². The average molecular weight is 284 g/mol. The first kappa shape index (κ1) is 13.0. The van der Waals surface area contributed by atoms with E-state index in [1.165, 1.54) is 5.56 Å². The molecular weight excluding hydrogens is 270 g/mol. The maximum Gasteiger partial charge on any atom is 0.101 e. The first-order valence-corrected chi connectivity index (χ1v) is 7.05. The molecule has 0 saturated carbocycles. The molecule has 0 saturated heterocycles. The predicted molar refractivity (Wildman–Crippen MR) is 79.7 cm³/mol. The van der Waals surface area contributed by atoms with Gasteiger partial charge < -0.3 is 5.32 Å². The van der Waals surface area contributed by atoms with Crippen molar-refractivity contribution in [3.8, 4) is 6.07 Å². The summed E-state index contributed by atoms with van der Waals surface area (Å²) in [5, 5.41) is 13.2. The van der Waals surface area contributed by atoms with Crippen molar-refractivity contribution in [3.05, 3.63) is 58.4 Å². The summed E-state index contributed by atoms with van der Waals surface area (Å²) in [7, 11) is 0. The number of nitrogens with one attached hydrogen (secondary N) is 1. The minimum Gasteiger partial charge on any atom is -0.376 e. The van der Waals surface area contributed by atoms with Gasteiger partial charge in [0.2, 0.25) is 0 Å². The van der Waals surface area contributed by atoms with Crippen molar-refractivity contribution < 1.29 is 0 Å². The van der Waals surface area contributed by atoms with Crippen molar-refractivity contribution in [2.75, 3.05) is 5.32 Å². The third-order valence-corrected chi connectivity index (χ3v) is 3.86. The normalized spacial score (nSPS) is 17.1. The summed E-state index contributed by atoms with van der Waals surface area (Å²) in [6.45, 7) is 0. The Kier molecular flexibility index (Phi) is 3.58. The molecule has 20 heavy (non-hydrogen) atoms. The van der Waals surface area contributed by atoms with Gasteiger partial charge >= 0.3 is 0 Å². The number of benzene rings is 1. The number of aryl methyl sites for hydroxylation is 1. The first-order chi connectivity index (χ1) is 9.78. The van der Waals surface area contributed by atoms with E-state index in [2.05, 4.69) is 22.4 Å². The van der Waals surface area contributed by atoms with Gasteiger partial charge in [-0.3, -0.25) is 4.98 Å². The zero-order chi connectivity index (χ0) is 13.9. The van der Waals surface area contributed by atoms with Gasteiger partial charge in [-0.1, -0.05) is 17.7 Å². The zero-order valence-corrected chi connectivity index (χ0v) is 11.7. The Balaban J connectivity index is 1.93. The lowest BCUT2D eigenvalue weighted by molar-refractivity contribution is 0.583. The molecular formula is C16H14ClN3. The van der Waals surface area contributed by atoms with Crippen LogP contribution < -0.4 is 5.32 Å². The van der Waals surface area contributed by atoms with Crippen LogP contribution in [0.3, 0.4) is 0 Å². The quantitative estimate of drug-likeness (QED) is 0.903. The van der Waals surface area contributed by atoms with E-state index in [1.807, 2.05) is 12.3 Å². The van der Waals surface area contributed by atoms with E-state index < -0.39 is 0 Å². The third kappa shape index (κ3) is 2.48. The lowest BCUT2D eigenvalue weighted by Gasteiger charge is -2.26. The van der Waals surface area contributed by atoms with Gasteiger partial charge in [-0.05, 0) is 49.1 Å². The monoisotopic (exact) mass is 283 g/mol.